The number of aryl methyl sites for hydroxylation is 12. The van der Waals surface area contributed by atoms with Gasteiger partial charge in [-0.25, -0.2) is 58.7 Å². The number of aromatic amines is 1. The highest BCUT2D eigenvalue weighted by molar-refractivity contribution is 6.45. The zero-order valence-corrected chi connectivity index (χ0v) is 81.5. The Morgan fingerprint density at radius 1 is 0.264 bits per heavy atom. The minimum Gasteiger partial charge on any atom is -0.451 e. The second-order valence-electron chi connectivity index (χ2n) is 34.3. The summed E-state index contributed by atoms with van der Waals surface area (Å²) in [6.07, 6.45) is 0. The third-order valence-corrected chi connectivity index (χ3v) is 29.0. The van der Waals surface area contributed by atoms with E-state index in [2.05, 4.69) is 45.5 Å². The third kappa shape index (κ3) is 12.6. The van der Waals surface area contributed by atoms with E-state index in [9.17, 15) is 47.9 Å². The molecule has 28 rings (SSSR count). The first-order valence-electron chi connectivity index (χ1n) is 42.8. The average molecular weight is 2090 g/mol. The predicted molar refractivity (Wildman–Crippen MR) is 538 cm³/mol. The molecule has 0 bridgehead atoms. The van der Waals surface area contributed by atoms with Gasteiger partial charge in [-0.15, -0.1) is 0 Å². The van der Waals surface area contributed by atoms with Crippen LogP contribution in [0.2, 0.25) is 40.2 Å². The van der Waals surface area contributed by atoms with Crippen molar-refractivity contribution in [1.29, 1.82) is 0 Å². The molecule has 3 N–H and O–H groups in total. The van der Waals surface area contributed by atoms with E-state index in [1.54, 1.807) is 163 Å². The minimum atomic E-state index is -0.682. The van der Waals surface area contributed by atoms with Gasteiger partial charge < -0.3 is 75.6 Å². The number of rotatable bonds is 0. The van der Waals surface area contributed by atoms with E-state index in [0.717, 1.165) is 0 Å². The summed E-state index contributed by atoms with van der Waals surface area (Å²) < 4.78 is 71.1. The number of halogens is 8. The van der Waals surface area contributed by atoms with Crippen molar-refractivity contribution >= 4 is 271 Å². The van der Waals surface area contributed by atoms with Crippen molar-refractivity contribution in [2.75, 3.05) is 10.6 Å². The molecule has 0 saturated carbocycles. The summed E-state index contributed by atoms with van der Waals surface area (Å²) in [6.45, 7) is 0. The minimum absolute atomic E-state index is 0.0818. The maximum absolute atomic E-state index is 12.4. The molecule has 42 nitrogen and oxygen atoms in total. The monoisotopic (exact) mass is 2090 g/mol. The van der Waals surface area contributed by atoms with Crippen LogP contribution in [-0.2, 0) is 84.6 Å². The van der Waals surface area contributed by atoms with Crippen LogP contribution >= 0.6 is 92.8 Å². The number of nitrogens with zero attached hydrogens (tertiary/aromatic N) is 20. The van der Waals surface area contributed by atoms with Gasteiger partial charge >= 0.3 is 56.4 Å². The number of H-pyrrole nitrogens is 1. The van der Waals surface area contributed by atoms with Crippen LogP contribution in [0.15, 0.2) is 178 Å². The molecule has 144 heavy (non-hydrogen) atoms. The second-order valence-corrected chi connectivity index (χ2v) is 37.4. The molecule has 0 amide bonds. The van der Waals surface area contributed by atoms with Gasteiger partial charge in [0.15, 0.2) is 96.9 Å². The van der Waals surface area contributed by atoms with Gasteiger partial charge in [0.25, 0.3) is 0 Å². The second kappa shape index (κ2) is 30.9. The molecule has 716 valence electrons. The molecule has 0 unspecified atom stereocenters. The van der Waals surface area contributed by atoms with E-state index < -0.39 is 28.0 Å². The lowest BCUT2D eigenvalue weighted by Gasteiger charge is -2.24. The average Bonchev–Trinajstić information content (AvgIpc) is 1.25. The van der Waals surface area contributed by atoms with Gasteiger partial charge in [-0.05, 0) is 42.5 Å². The highest BCUT2D eigenvalue weighted by atomic mass is 35.5. The molecule has 10 aromatic heterocycles. The molecule has 6 aliphatic rings. The Kier molecular flexibility index (Phi) is 19.0. The van der Waals surface area contributed by atoms with Crippen molar-refractivity contribution in [3.05, 3.63) is 263 Å². The smallest absolute Gasteiger partial charge is 0.419 e. The maximum Gasteiger partial charge on any atom is 0.419 e. The number of ether oxygens (including phenoxy) is 6. The van der Waals surface area contributed by atoms with Crippen LogP contribution < -0.4 is 117 Å². The Labute approximate surface area is 833 Å². The number of nitrogens with one attached hydrogen (secondary N) is 3. The van der Waals surface area contributed by atoms with Crippen molar-refractivity contribution in [1.82, 2.24) is 79.7 Å². The largest absolute Gasteiger partial charge is 0.451 e. The van der Waals surface area contributed by atoms with Gasteiger partial charge in [-0.2, -0.15) is 9.97 Å². The summed E-state index contributed by atoms with van der Waals surface area (Å²) in [5.74, 6) is 3.21. The van der Waals surface area contributed by atoms with E-state index in [1.165, 1.54) is 73.9 Å². The molecule has 0 radical (unpaired) electrons. The number of hydrogen-bond donors (Lipinski definition) is 3. The first-order valence-corrected chi connectivity index (χ1v) is 45.8. The molecule has 0 spiro atoms. The van der Waals surface area contributed by atoms with Gasteiger partial charge in [0.2, 0.25) is 0 Å². The highest BCUT2D eigenvalue weighted by Crippen LogP contribution is 2.57. The van der Waals surface area contributed by atoms with Crippen LogP contribution in [0.4, 0.5) is 45.5 Å². The zero-order valence-electron chi connectivity index (χ0n) is 75.5. The number of hydrogen-bond acceptors (Lipinski definition) is 29. The normalized spacial score (nSPS) is 13.0. The van der Waals surface area contributed by atoms with Crippen molar-refractivity contribution in [2.24, 2.45) is 105 Å². The summed E-state index contributed by atoms with van der Waals surface area (Å²) in [7, 11) is 19.3. The van der Waals surface area contributed by atoms with Crippen molar-refractivity contribution in [3.8, 4) is 69.0 Å². The lowest BCUT2D eigenvalue weighted by atomic mass is 10.1. The topological polar surface area (TPSA) is 466 Å². The number of benzene rings is 12. The Hall–Kier alpha value is -16.7. The number of oxazole rings is 1. The Morgan fingerprint density at radius 2 is 0.590 bits per heavy atom. The molecule has 50 heteroatoms. The third-order valence-electron chi connectivity index (χ3n) is 26.2. The van der Waals surface area contributed by atoms with Crippen LogP contribution in [0.5, 0.6) is 69.0 Å². The fourth-order valence-corrected chi connectivity index (χ4v) is 20.4. The number of anilines is 4. The zero-order chi connectivity index (χ0) is 100. The predicted octanol–water partition coefficient (Wildman–Crippen LogP) is 15.1. The Balaban J connectivity index is 0.000000101. The summed E-state index contributed by atoms with van der Waals surface area (Å²) in [5.41, 5.74) is 11.6. The van der Waals surface area contributed by atoms with Crippen molar-refractivity contribution in [2.45, 2.75) is 0 Å². The van der Waals surface area contributed by atoms with Gasteiger partial charge in [-0.1, -0.05) is 92.8 Å². The van der Waals surface area contributed by atoms with Gasteiger partial charge in [0.1, 0.15) is 118 Å². The SMILES string of the molecule is Cn1c(=O)c(=O)n(C)c2cc3c(cc21)N=c1c(Cl)c2c(c(Cl)c1O3)=Nc1cc3c(cc1O2)n(C)c(=O)c(=O)n3C.Cn1c(=O)n(C)c2cc3c(cc21)N=c1c(Cl)c2c(c(Cl)c1O3)=Nc1cc3c(cc1O2)n(C)c(=O)n3C.Cn1c(=O)nc2cc3oc4c(Cl)c5c(c(Cl)c4nc3cc21)Oc1cc2[nH]c(=O)n(C)c2cc1N5.Cn1c(=O)nc2cc3oc4c(Cl)c5c(c(Cl)c4nc3cc21)Oc1cc2c(cc1N5)oc(=O)n2C. The summed E-state index contributed by atoms with van der Waals surface area (Å²) >= 11 is 54.0. The summed E-state index contributed by atoms with van der Waals surface area (Å²) in [4.78, 5) is 161. The van der Waals surface area contributed by atoms with E-state index in [1.807, 2.05) is 0 Å². The summed E-state index contributed by atoms with van der Waals surface area (Å²) in [6, 6.07) is 27.0. The number of imidazole rings is 5. The molecule has 6 aliphatic heterocycles. The lowest BCUT2D eigenvalue weighted by molar-refractivity contribution is 0.451. The highest BCUT2D eigenvalue weighted by Gasteiger charge is 2.36. The van der Waals surface area contributed by atoms with Crippen LogP contribution in [0.3, 0.4) is 0 Å². The molecule has 12 aromatic carbocycles. The van der Waals surface area contributed by atoms with Crippen LogP contribution in [0.1, 0.15) is 0 Å². The number of aromatic nitrogens is 17. The van der Waals surface area contributed by atoms with Crippen molar-refractivity contribution in [3.63, 3.8) is 0 Å². The number of fused-ring (bicyclic) bond motifs is 24. The van der Waals surface area contributed by atoms with E-state index in [-0.39, 0.29) is 125 Å². The lowest BCUT2D eigenvalue weighted by Crippen LogP contribution is -2.39. The standard InChI is InChI=1S/C26H16Cl2N6O6.C24H16Cl2N6O4.C22H12Cl2N6O4.C22H11Cl2N5O5/c1-31-11-5-9-15(7-13(11)33(3)25(37)23(31)35)39-21-18(28)20-22(17(27)19(21)29-9)40-16-8-14-12(6-10(16)30-20)32(2)24(36)26(38)34(14)4;1-29-11-5-9-15(7-13(11)31(3)23(29)33)35-21-18(26)20-22(17(25)19(21)27-9)36-16-8-14-12(6-10(16)28-20)30(2)24(34)32(14)4;1-29-11-3-9-13(5-7(11)27-21(29)31)33-19-16(24)18-20(15(23)17(19)25-9)34-14-6-8-12(4-10(14)26-18)30(2)22(32)28-8;1-28-10-3-8-12(4-7(10)27-21(28)30)32-19-16(24)18-20(15(23)17(19)25-8)33-13-6-11-14(5-9(13)26-18)34-22(31)29(11)2/h5-8H,1-4H3;5-8H,1-4H3;3-6,25H,1-2H3,(H,27,31);3-6,26H,1-2H3. The first kappa shape index (κ1) is 88.7. The van der Waals surface area contributed by atoms with Gasteiger partial charge in [-0.3, -0.25) is 55.7 Å². The molecular formula is C94H55Cl8N23O19. The van der Waals surface area contributed by atoms with Crippen LogP contribution in [-0.4, -0.2) is 79.7 Å². The van der Waals surface area contributed by atoms with Gasteiger partial charge in [0, 0.05) is 139 Å². The molecule has 0 aliphatic carbocycles. The fourth-order valence-electron chi connectivity index (χ4n) is 18.3. The van der Waals surface area contributed by atoms with E-state index in [4.69, 9.17) is 144 Å². The van der Waals surface area contributed by atoms with Crippen LogP contribution in [0, 0.1) is 0 Å². The fraction of sp³-hybridized carbons (Fsp3) is 0.128. The van der Waals surface area contributed by atoms with Gasteiger partial charge in [0.05, 0.1) is 94.1 Å². The van der Waals surface area contributed by atoms with E-state index in [0.29, 0.717) is 212 Å². The molecule has 22 aromatic rings. The van der Waals surface area contributed by atoms with Crippen LogP contribution in [0.25, 0.3) is 133 Å². The van der Waals surface area contributed by atoms with E-state index >= 15 is 0 Å². The quantitative estimate of drug-likeness (QED) is 0.0937. The molecule has 0 fully saturated rings. The summed E-state index contributed by atoms with van der Waals surface area (Å²) in [5, 5.41) is 8.80. The Bertz CT molecular complexity index is 10700. The maximum atomic E-state index is 12.4. The molecule has 16 heterocycles. The molecule has 0 saturated heterocycles. The van der Waals surface area contributed by atoms with Crippen molar-refractivity contribution < 1.29 is 41.7 Å². The molecular weight excluding hydrogens is 2040 g/mol. The Morgan fingerprint density at radius 3 is 0.965 bits per heavy atom. The first-order chi connectivity index (χ1) is 68.7. The molecule has 0 atom stereocenters.